The van der Waals surface area contributed by atoms with E-state index < -0.39 is 0 Å². The van der Waals surface area contributed by atoms with E-state index in [2.05, 4.69) is 25.8 Å². The van der Waals surface area contributed by atoms with E-state index in [0.29, 0.717) is 6.10 Å². The van der Waals surface area contributed by atoms with E-state index in [1.807, 2.05) is 24.5 Å². The maximum Gasteiger partial charge on any atom is 0.0847 e. The molecule has 2 rings (SSSR count). The van der Waals surface area contributed by atoms with Gasteiger partial charge in [0, 0.05) is 36.5 Å². The Morgan fingerprint density at radius 1 is 1.50 bits per heavy atom. The molecule has 1 aromatic rings. The van der Waals surface area contributed by atoms with E-state index in [1.165, 1.54) is 5.69 Å². The van der Waals surface area contributed by atoms with Crippen LogP contribution in [0.15, 0.2) is 24.5 Å². The molecule has 0 spiro atoms. The lowest BCUT2D eigenvalue weighted by molar-refractivity contribution is 0.0571. The monoisotopic (exact) mass is 256 g/mol. The Kier molecular flexibility index (Phi) is 3.37. The minimum atomic E-state index is 0.303. The minimum absolute atomic E-state index is 0.303. The number of nitrogens with zero attached hydrogens (tertiary/aromatic N) is 2. The summed E-state index contributed by atoms with van der Waals surface area (Å²) < 4.78 is 5.57. The van der Waals surface area contributed by atoms with E-state index in [4.69, 9.17) is 4.74 Å². The van der Waals surface area contributed by atoms with Crippen LogP contribution in [0.1, 0.15) is 0 Å². The lowest BCUT2D eigenvalue weighted by atomic mass is 10.2. The second kappa shape index (κ2) is 4.75. The highest BCUT2D eigenvalue weighted by atomic mass is 79.9. The molecule has 1 aromatic heterocycles. The van der Waals surface area contributed by atoms with Gasteiger partial charge < -0.3 is 9.64 Å². The number of halogens is 1. The van der Waals surface area contributed by atoms with Gasteiger partial charge in [-0.2, -0.15) is 0 Å². The van der Waals surface area contributed by atoms with E-state index in [1.54, 1.807) is 0 Å². The maximum absolute atomic E-state index is 5.57. The number of alkyl halides is 1. The topological polar surface area (TPSA) is 25.4 Å². The van der Waals surface area contributed by atoms with Crippen LogP contribution in [0.25, 0.3) is 0 Å². The average molecular weight is 257 g/mol. The normalized spacial score (nSPS) is 22.4. The Morgan fingerprint density at radius 2 is 2.29 bits per heavy atom. The van der Waals surface area contributed by atoms with Crippen molar-refractivity contribution < 1.29 is 4.74 Å². The quantitative estimate of drug-likeness (QED) is 0.754. The Balaban J connectivity index is 2.04. The van der Waals surface area contributed by atoms with Crippen LogP contribution in [0.3, 0.4) is 0 Å². The lowest BCUT2D eigenvalue weighted by Gasteiger charge is -2.33. The van der Waals surface area contributed by atoms with Gasteiger partial charge >= 0.3 is 0 Å². The predicted molar refractivity (Wildman–Crippen MR) is 60.0 cm³/mol. The number of aromatic nitrogens is 1. The molecule has 0 radical (unpaired) electrons. The van der Waals surface area contributed by atoms with Gasteiger partial charge in [0.15, 0.2) is 0 Å². The van der Waals surface area contributed by atoms with Crippen LogP contribution in [0.2, 0.25) is 0 Å². The molecule has 76 valence electrons. The summed E-state index contributed by atoms with van der Waals surface area (Å²) in [4.78, 5) is 6.34. The molecular weight excluding hydrogens is 244 g/mol. The standard InChI is InChI=1S/C10H13BrN2O/c11-7-10-8-13(5-6-14-10)9-1-3-12-4-2-9/h1-4,10H,5-8H2. The zero-order chi connectivity index (χ0) is 9.80. The summed E-state index contributed by atoms with van der Waals surface area (Å²) in [6.07, 6.45) is 3.96. The van der Waals surface area contributed by atoms with Crippen molar-refractivity contribution in [3.8, 4) is 0 Å². The van der Waals surface area contributed by atoms with Crippen LogP contribution in [0.5, 0.6) is 0 Å². The summed E-state index contributed by atoms with van der Waals surface area (Å²) in [5, 5.41) is 0.897. The molecule has 0 aliphatic carbocycles. The summed E-state index contributed by atoms with van der Waals surface area (Å²) in [6.45, 7) is 2.72. The zero-order valence-corrected chi connectivity index (χ0v) is 9.48. The molecule has 1 unspecified atom stereocenters. The van der Waals surface area contributed by atoms with Crippen LogP contribution in [-0.2, 0) is 4.74 Å². The van der Waals surface area contributed by atoms with E-state index >= 15 is 0 Å². The van der Waals surface area contributed by atoms with Gasteiger partial charge in [-0.1, -0.05) is 15.9 Å². The van der Waals surface area contributed by atoms with Crippen molar-refractivity contribution in [3.05, 3.63) is 24.5 Å². The van der Waals surface area contributed by atoms with Crippen molar-refractivity contribution in [2.75, 3.05) is 29.9 Å². The molecule has 1 fully saturated rings. The first-order valence-electron chi connectivity index (χ1n) is 4.72. The fraction of sp³-hybridized carbons (Fsp3) is 0.500. The summed E-state index contributed by atoms with van der Waals surface area (Å²) in [6, 6.07) is 4.08. The molecule has 2 heterocycles. The van der Waals surface area contributed by atoms with Gasteiger partial charge in [0.25, 0.3) is 0 Å². The number of rotatable bonds is 2. The highest BCUT2D eigenvalue weighted by molar-refractivity contribution is 9.09. The fourth-order valence-electron chi connectivity index (χ4n) is 1.60. The first-order chi connectivity index (χ1) is 6.90. The van der Waals surface area contributed by atoms with Crippen molar-refractivity contribution in [2.24, 2.45) is 0 Å². The molecule has 1 aliphatic heterocycles. The number of hydrogen-bond donors (Lipinski definition) is 0. The molecule has 3 nitrogen and oxygen atoms in total. The van der Waals surface area contributed by atoms with Gasteiger partial charge in [-0.05, 0) is 12.1 Å². The average Bonchev–Trinajstić information content (AvgIpc) is 2.30. The molecule has 1 aliphatic rings. The Hall–Kier alpha value is -0.610. The van der Waals surface area contributed by atoms with Crippen LogP contribution >= 0.6 is 15.9 Å². The maximum atomic E-state index is 5.57. The molecule has 14 heavy (non-hydrogen) atoms. The van der Waals surface area contributed by atoms with Crippen molar-refractivity contribution >= 4 is 21.6 Å². The van der Waals surface area contributed by atoms with Crippen molar-refractivity contribution in [2.45, 2.75) is 6.10 Å². The molecule has 0 amide bonds. The Labute approximate surface area is 92.2 Å². The molecular formula is C10H13BrN2O. The molecule has 1 atom stereocenters. The van der Waals surface area contributed by atoms with Crippen molar-refractivity contribution in [1.82, 2.24) is 4.98 Å². The van der Waals surface area contributed by atoms with Crippen LogP contribution < -0.4 is 4.90 Å². The number of hydrogen-bond acceptors (Lipinski definition) is 3. The zero-order valence-electron chi connectivity index (χ0n) is 7.90. The van der Waals surface area contributed by atoms with Gasteiger partial charge in [0.1, 0.15) is 0 Å². The number of morpholine rings is 1. The van der Waals surface area contributed by atoms with Crippen LogP contribution in [-0.4, -0.2) is 36.1 Å². The van der Waals surface area contributed by atoms with Gasteiger partial charge in [-0.15, -0.1) is 0 Å². The number of ether oxygens (including phenoxy) is 1. The molecule has 0 N–H and O–H groups in total. The second-order valence-corrected chi connectivity index (χ2v) is 3.95. The van der Waals surface area contributed by atoms with Crippen molar-refractivity contribution in [3.63, 3.8) is 0 Å². The van der Waals surface area contributed by atoms with Gasteiger partial charge in [-0.25, -0.2) is 0 Å². The van der Waals surface area contributed by atoms with Crippen LogP contribution in [0, 0.1) is 0 Å². The first kappa shape index (κ1) is 9.93. The number of pyridine rings is 1. The Bertz CT molecular complexity index is 281. The van der Waals surface area contributed by atoms with E-state index in [9.17, 15) is 0 Å². The molecule has 0 bridgehead atoms. The minimum Gasteiger partial charge on any atom is -0.374 e. The van der Waals surface area contributed by atoms with Crippen molar-refractivity contribution in [1.29, 1.82) is 0 Å². The summed E-state index contributed by atoms with van der Waals surface area (Å²) >= 11 is 3.45. The van der Waals surface area contributed by atoms with Gasteiger partial charge in [0.05, 0.1) is 12.7 Å². The van der Waals surface area contributed by atoms with E-state index in [0.717, 1.165) is 25.0 Å². The summed E-state index contributed by atoms with van der Waals surface area (Å²) in [5.74, 6) is 0. The molecule has 0 saturated carbocycles. The SMILES string of the molecule is BrCC1CN(c2ccncc2)CCO1. The van der Waals surface area contributed by atoms with E-state index in [-0.39, 0.29) is 0 Å². The first-order valence-corrected chi connectivity index (χ1v) is 5.85. The third kappa shape index (κ3) is 2.25. The van der Waals surface area contributed by atoms with Gasteiger partial charge in [0.2, 0.25) is 0 Å². The predicted octanol–water partition coefficient (Wildman–Crippen LogP) is 1.68. The Morgan fingerprint density at radius 3 is 3.00 bits per heavy atom. The summed E-state index contributed by atoms with van der Waals surface area (Å²) in [5.41, 5.74) is 1.23. The third-order valence-electron chi connectivity index (χ3n) is 2.34. The smallest absolute Gasteiger partial charge is 0.0847 e. The second-order valence-electron chi connectivity index (χ2n) is 3.30. The fourth-order valence-corrected chi connectivity index (χ4v) is 1.99. The third-order valence-corrected chi connectivity index (χ3v) is 3.06. The largest absolute Gasteiger partial charge is 0.374 e. The van der Waals surface area contributed by atoms with Crippen LogP contribution in [0.4, 0.5) is 5.69 Å². The highest BCUT2D eigenvalue weighted by Gasteiger charge is 2.19. The molecule has 1 saturated heterocycles. The molecule has 4 heteroatoms. The lowest BCUT2D eigenvalue weighted by Crippen LogP contribution is -2.43. The highest BCUT2D eigenvalue weighted by Crippen LogP contribution is 2.16. The van der Waals surface area contributed by atoms with Gasteiger partial charge in [-0.3, -0.25) is 4.98 Å². The summed E-state index contributed by atoms with van der Waals surface area (Å²) in [7, 11) is 0. The molecule has 0 aromatic carbocycles. The number of anilines is 1.